The number of anilines is 2. The van der Waals surface area contributed by atoms with Gasteiger partial charge >= 0.3 is 11.9 Å². The summed E-state index contributed by atoms with van der Waals surface area (Å²) in [7, 11) is 0. The lowest BCUT2D eigenvalue weighted by Gasteiger charge is -2.50. The number of rotatable bonds is 8. The van der Waals surface area contributed by atoms with E-state index >= 15 is 0 Å². The minimum absolute atomic E-state index is 0.0394. The average Bonchev–Trinajstić information content (AvgIpc) is 2.91. The zero-order valence-corrected chi connectivity index (χ0v) is 22.0. The van der Waals surface area contributed by atoms with Gasteiger partial charge in [0.2, 0.25) is 0 Å². The fourth-order valence-corrected chi connectivity index (χ4v) is 5.27. The number of benzene rings is 2. The van der Waals surface area contributed by atoms with E-state index in [-0.39, 0.29) is 5.91 Å². The van der Waals surface area contributed by atoms with Gasteiger partial charge in [0.1, 0.15) is 0 Å². The standard InChI is InChI=1S/C24H30ClN3O.C4H4O4/c1-3-27(4-2)24(29)19-10-11-22(21(25)16-19)28(20-8-6-5-7-9-20)23-17-26-14-12-18(23)13-15-26;5-3(6)1-2-4(7)8/h5-11,16,18,23H,3-4,12-15,17H2,1-2H3;1-2H,(H,5,6)(H,7,8)/b;2-1+. The largest absolute Gasteiger partial charge is 0.478 e. The zero-order valence-electron chi connectivity index (χ0n) is 21.2. The molecule has 2 N–H and O–H groups in total. The van der Waals surface area contributed by atoms with Gasteiger partial charge in [0.05, 0.1) is 10.7 Å². The number of carboxylic acid groups (broad SMARTS) is 2. The van der Waals surface area contributed by atoms with E-state index in [1.54, 1.807) is 0 Å². The third-order valence-electron chi connectivity index (χ3n) is 6.86. The molecule has 3 heterocycles. The number of carboxylic acids is 2. The molecule has 3 aliphatic heterocycles. The van der Waals surface area contributed by atoms with Gasteiger partial charge in [-0.05, 0) is 76.0 Å². The molecule has 0 spiro atoms. The zero-order chi connectivity index (χ0) is 26.9. The second kappa shape index (κ2) is 13.3. The van der Waals surface area contributed by atoms with E-state index in [1.165, 1.54) is 25.9 Å². The number of carbonyl (C=O) groups excluding carboxylic acids is 1. The van der Waals surface area contributed by atoms with E-state index in [4.69, 9.17) is 21.8 Å². The Kier molecular flexibility index (Phi) is 10.1. The molecule has 3 saturated heterocycles. The van der Waals surface area contributed by atoms with Crippen molar-refractivity contribution in [2.24, 2.45) is 5.92 Å². The van der Waals surface area contributed by atoms with E-state index < -0.39 is 11.9 Å². The van der Waals surface area contributed by atoms with Crippen LogP contribution in [0.4, 0.5) is 11.4 Å². The van der Waals surface area contributed by atoms with Crippen molar-refractivity contribution in [2.75, 3.05) is 37.6 Å². The summed E-state index contributed by atoms with van der Waals surface area (Å²) in [6, 6.07) is 16.7. The highest BCUT2D eigenvalue weighted by Gasteiger charge is 2.38. The molecule has 2 aromatic rings. The average molecular weight is 528 g/mol. The highest BCUT2D eigenvalue weighted by Crippen LogP contribution is 2.41. The molecule has 3 fully saturated rings. The molecule has 198 valence electrons. The molecule has 1 unspecified atom stereocenters. The Labute approximate surface area is 222 Å². The molecule has 0 radical (unpaired) electrons. The first-order valence-electron chi connectivity index (χ1n) is 12.5. The van der Waals surface area contributed by atoms with Crippen LogP contribution in [0.25, 0.3) is 0 Å². The normalized spacial score (nSPS) is 20.1. The Balaban J connectivity index is 0.000000414. The highest BCUT2D eigenvalue weighted by atomic mass is 35.5. The molecule has 1 atom stereocenters. The summed E-state index contributed by atoms with van der Waals surface area (Å²) >= 11 is 6.80. The van der Waals surface area contributed by atoms with Gasteiger partial charge in [0.25, 0.3) is 5.91 Å². The van der Waals surface area contributed by atoms with Crippen LogP contribution < -0.4 is 4.90 Å². The Morgan fingerprint density at radius 2 is 1.57 bits per heavy atom. The maximum atomic E-state index is 12.8. The second-order valence-corrected chi connectivity index (χ2v) is 9.47. The van der Waals surface area contributed by atoms with Gasteiger partial charge in [0.15, 0.2) is 0 Å². The van der Waals surface area contributed by atoms with Crippen molar-refractivity contribution in [3.05, 3.63) is 71.3 Å². The predicted octanol–water partition coefficient (Wildman–Crippen LogP) is 4.77. The van der Waals surface area contributed by atoms with Crippen molar-refractivity contribution >= 4 is 40.8 Å². The lowest BCUT2D eigenvalue weighted by molar-refractivity contribution is -0.134. The van der Waals surface area contributed by atoms with Gasteiger partial charge in [-0.3, -0.25) is 4.79 Å². The second-order valence-electron chi connectivity index (χ2n) is 9.06. The molecule has 1 amide bonds. The van der Waals surface area contributed by atoms with Crippen LogP contribution in [-0.2, 0) is 9.59 Å². The molecule has 0 aromatic heterocycles. The van der Waals surface area contributed by atoms with E-state index in [1.807, 2.05) is 43.0 Å². The fraction of sp³-hybridized carbons (Fsp3) is 0.393. The molecular weight excluding hydrogens is 494 g/mol. The van der Waals surface area contributed by atoms with Gasteiger partial charge < -0.3 is 24.9 Å². The molecule has 9 heteroatoms. The smallest absolute Gasteiger partial charge is 0.328 e. The summed E-state index contributed by atoms with van der Waals surface area (Å²) < 4.78 is 0. The Morgan fingerprint density at radius 3 is 2.03 bits per heavy atom. The first-order chi connectivity index (χ1) is 17.7. The number of amides is 1. The Morgan fingerprint density at radius 1 is 0.973 bits per heavy atom. The topological polar surface area (TPSA) is 101 Å². The van der Waals surface area contributed by atoms with E-state index in [0.717, 1.165) is 17.9 Å². The van der Waals surface area contributed by atoms with Gasteiger partial charge in [-0.25, -0.2) is 9.59 Å². The van der Waals surface area contributed by atoms with E-state index in [2.05, 4.69) is 34.1 Å². The minimum Gasteiger partial charge on any atom is -0.478 e. The van der Waals surface area contributed by atoms with Crippen LogP contribution >= 0.6 is 11.6 Å². The maximum absolute atomic E-state index is 12.8. The van der Waals surface area contributed by atoms with Crippen molar-refractivity contribution in [1.82, 2.24) is 9.80 Å². The molecular formula is C28H34ClN3O5. The van der Waals surface area contributed by atoms with Gasteiger partial charge in [-0.2, -0.15) is 0 Å². The van der Waals surface area contributed by atoms with Crippen LogP contribution in [0, 0.1) is 5.92 Å². The number of aliphatic carboxylic acids is 2. The number of nitrogens with zero attached hydrogens (tertiary/aromatic N) is 3. The number of hydrogen-bond donors (Lipinski definition) is 2. The number of para-hydroxylation sites is 1. The summed E-state index contributed by atoms with van der Waals surface area (Å²) in [5, 5.41) is 16.3. The molecule has 2 aromatic carbocycles. The molecule has 2 bridgehead atoms. The van der Waals surface area contributed by atoms with E-state index in [9.17, 15) is 14.4 Å². The number of fused-ring (bicyclic) bond motifs is 3. The van der Waals surface area contributed by atoms with E-state index in [0.29, 0.717) is 47.8 Å². The quantitative estimate of drug-likeness (QED) is 0.477. The lowest BCUT2D eigenvalue weighted by atomic mass is 9.82. The molecule has 5 rings (SSSR count). The van der Waals surface area contributed by atoms with Gasteiger partial charge in [-0.1, -0.05) is 29.8 Å². The summed E-state index contributed by atoms with van der Waals surface area (Å²) in [6.45, 7) is 8.87. The predicted molar refractivity (Wildman–Crippen MR) is 145 cm³/mol. The number of piperidine rings is 3. The first-order valence-corrected chi connectivity index (χ1v) is 12.9. The maximum Gasteiger partial charge on any atom is 0.328 e. The summed E-state index contributed by atoms with van der Waals surface area (Å²) in [5.74, 6) is -1.80. The van der Waals surface area contributed by atoms with Crippen LogP contribution in [0.1, 0.15) is 37.0 Å². The summed E-state index contributed by atoms with van der Waals surface area (Å²) in [6.07, 6.45) is 3.60. The van der Waals surface area contributed by atoms with Gasteiger partial charge in [0, 0.05) is 49.1 Å². The van der Waals surface area contributed by atoms with Crippen molar-refractivity contribution in [3.63, 3.8) is 0 Å². The molecule has 3 aliphatic rings. The van der Waals surface area contributed by atoms with Crippen molar-refractivity contribution in [3.8, 4) is 0 Å². The van der Waals surface area contributed by atoms with Crippen molar-refractivity contribution < 1.29 is 24.6 Å². The highest BCUT2D eigenvalue weighted by molar-refractivity contribution is 6.33. The van der Waals surface area contributed by atoms with Crippen LogP contribution in [0.2, 0.25) is 5.02 Å². The minimum atomic E-state index is -1.26. The van der Waals surface area contributed by atoms with Crippen LogP contribution in [-0.4, -0.2) is 76.6 Å². The molecule has 0 saturated carbocycles. The third kappa shape index (κ3) is 7.33. The van der Waals surface area contributed by atoms with Gasteiger partial charge in [-0.15, -0.1) is 0 Å². The Hall–Kier alpha value is -3.36. The summed E-state index contributed by atoms with van der Waals surface area (Å²) in [5.41, 5.74) is 2.81. The number of halogens is 1. The van der Waals surface area contributed by atoms with Crippen molar-refractivity contribution in [1.29, 1.82) is 0 Å². The molecule has 37 heavy (non-hydrogen) atoms. The fourth-order valence-electron chi connectivity index (χ4n) is 5.00. The van der Waals surface area contributed by atoms with Crippen LogP contribution in [0.5, 0.6) is 0 Å². The monoisotopic (exact) mass is 527 g/mol. The lowest BCUT2D eigenvalue weighted by Crippen LogP contribution is -2.56. The van der Waals surface area contributed by atoms with Crippen LogP contribution in [0.3, 0.4) is 0 Å². The SMILES string of the molecule is CCN(CC)C(=O)c1ccc(N(c2ccccc2)C2CN3CCC2CC3)c(Cl)c1.O=C(O)/C=C/C(=O)O. The third-order valence-corrected chi connectivity index (χ3v) is 7.16. The first kappa shape index (κ1) is 28.2. The molecule has 0 aliphatic carbocycles. The Bertz CT molecular complexity index is 1100. The number of carbonyl (C=O) groups is 3. The molecule has 8 nitrogen and oxygen atoms in total. The number of hydrogen-bond acceptors (Lipinski definition) is 5. The van der Waals surface area contributed by atoms with Crippen molar-refractivity contribution in [2.45, 2.75) is 32.7 Å². The summed E-state index contributed by atoms with van der Waals surface area (Å²) in [4.78, 5) is 38.7. The van der Waals surface area contributed by atoms with Crippen LogP contribution in [0.15, 0.2) is 60.7 Å².